The molecule has 0 N–H and O–H groups in total. The summed E-state index contributed by atoms with van der Waals surface area (Å²) in [5.74, 6) is -2.14. The van der Waals surface area contributed by atoms with Crippen LogP contribution in [0.25, 0.3) is 0 Å². The first-order chi connectivity index (χ1) is 14.4. The summed E-state index contributed by atoms with van der Waals surface area (Å²) in [6.45, 7) is 0.439. The van der Waals surface area contributed by atoms with Crippen molar-refractivity contribution in [2.24, 2.45) is 0 Å². The predicted molar refractivity (Wildman–Crippen MR) is 111 cm³/mol. The fraction of sp³-hybridized carbons (Fsp3) is 0.136. The number of halogens is 1. The number of anilines is 2. The van der Waals surface area contributed by atoms with Crippen molar-refractivity contribution < 1.29 is 22.7 Å². The van der Waals surface area contributed by atoms with Gasteiger partial charge < -0.3 is 9.47 Å². The third-order valence-electron chi connectivity index (χ3n) is 5.20. The SMILES string of the molecule is O=C1N(c2ccccc2Cl)c2ccc(S(=O)(=O)c3ccccc3)cc2C12OCCO2. The maximum absolute atomic E-state index is 13.4. The lowest BCUT2D eigenvalue weighted by Crippen LogP contribution is -2.39. The van der Waals surface area contributed by atoms with E-state index in [-0.39, 0.29) is 23.0 Å². The second kappa shape index (κ2) is 6.92. The van der Waals surface area contributed by atoms with Crippen molar-refractivity contribution in [1.82, 2.24) is 0 Å². The normalized spacial score (nSPS) is 17.5. The Morgan fingerprint density at radius 3 is 2.20 bits per heavy atom. The van der Waals surface area contributed by atoms with Crippen LogP contribution >= 0.6 is 11.6 Å². The molecule has 5 rings (SSSR count). The van der Waals surface area contributed by atoms with Gasteiger partial charge in [0, 0.05) is 5.56 Å². The molecule has 1 spiro atoms. The Morgan fingerprint density at radius 2 is 1.50 bits per heavy atom. The van der Waals surface area contributed by atoms with Gasteiger partial charge in [0.2, 0.25) is 9.84 Å². The first-order valence-electron chi connectivity index (χ1n) is 9.27. The molecular formula is C22H16ClNO5S. The van der Waals surface area contributed by atoms with Gasteiger partial charge in [0.15, 0.2) is 0 Å². The minimum absolute atomic E-state index is 0.0553. The number of carbonyl (C=O) groups is 1. The molecule has 3 aromatic carbocycles. The summed E-state index contributed by atoms with van der Waals surface area (Å²) in [5, 5.41) is 0.382. The van der Waals surface area contributed by atoms with Gasteiger partial charge in [0.25, 0.3) is 11.7 Å². The van der Waals surface area contributed by atoms with E-state index in [1.54, 1.807) is 48.5 Å². The third-order valence-corrected chi connectivity index (χ3v) is 7.29. The largest absolute Gasteiger partial charge is 0.336 e. The first-order valence-corrected chi connectivity index (χ1v) is 11.1. The highest BCUT2D eigenvalue weighted by Gasteiger charge is 2.57. The van der Waals surface area contributed by atoms with Crippen LogP contribution in [0.2, 0.25) is 5.02 Å². The monoisotopic (exact) mass is 441 g/mol. The van der Waals surface area contributed by atoms with Gasteiger partial charge in [0.1, 0.15) is 0 Å². The van der Waals surface area contributed by atoms with E-state index in [0.717, 1.165) is 0 Å². The average molecular weight is 442 g/mol. The van der Waals surface area contributed by atoms with Crippen LogP contribution in [-0.2, 0) is 29.9 Å². The topological polar surface area (TPSA) is 72.9 Å². The average Bonchev–Trinajstić information content (AvgIpc) is 3.34. The number of rotatable bonds is 3. The molecule has 0 bridgehead atoms. The van der Waals surface area contributed by atoms with Gasteiger partial charge in [-0.1, -0.05) is 41.9 Å². The van der Waals surface area contributed by atoms with Crippen LogP contribution in [0.1, 0.15) is 5.56 Å². The van der Waals surface area contributed by atoms with E-state index < -0.39 is 21.5 Å². The highest BCUT2D eigenvalue weighted by molar-refractivity contribution is 7.91. The van der Waals surface area contributed by atoms with E-state index in [1.165, 1.54) is 29.2 Å². The molecule has 2 aliphatic rings. The van der Waals surface area contributed by atoms with Gasteiger partial charge in [-0.15, -0.1) is 0 Å². The Kier molecular flexibility index (Phi) is 4.44. The summed E-state index contributed by atoms with van der Waals surface area (Å²) < 4.78 is 37.8. The highest BCUT2D eigenvalue weighted by Crippen LogP contribution is 2.50. The number of amides is 1. The molecule has 0 aliphatic carbocycles. The summed E-state index contributed by atoms with van der Waals surface area (Å²) in [4.78, 5) is 15.1. The van der Waals surface area contributed by atoms with Gasteiger partial charge in [-0.3, -0.25) is 9.69 Å². The van der Waals surface area contributed by atoms with Gasteiger partial charge in [-0.05, 0) is 42.5 Å². The maximum Gasteiger partial charge on any atom is 0.297 e. The van der Waals surface area contributed by atoms with Crippen molar-refractivity contribution in [3.8, 4) is 0 Å². The van der Waals surface area contributed by atoms with E-state index in [1.807, 2.05) is 0 Å². The molecule has 3 aromatic rings. The maximum atomic E-state index is 13.4. The molecule has 8 heteroatoms. The number of carbonyl (C=O) groups excluding carboxylic acids is 1. The summed E-state index contributed by atoms with van der Waals surface area (Å²) >= 11 is 6.34. The van der Waals surface area contributed by atoms with Crippen molar-refractivity contribution in [3.63, 3.8) is 0 Å². The van der Waals surface area contributed by atoms with Crippen molar-refractivity contribution in [2.45, 2.75) is 15.6 Å². The number of fused-ring (bicyclic) bond motifs is 2. The van der Waals surface area contributed by atoms with Crippen molar-refractivity contribution in [1.29, 1.82) is 0 Å². The molecule has 30 heavy (non-hydrogen) atoms. The van der Waals surface area contributed by atoms with Crippen LogP contribution in [0, 0.1) is 0 Å². The molecule has 6 nitrogen and oxygen atoms in total. The van der Waals surface area contributed by atoms with Gasteiger partial charge in [-0.2, -0.15) is 0 Å². The summed E-state index contributed by atoms with van der Waals surface area (Å²) in [7, 11) is -3.78. The lowest BCUT2D eigenvalue weighted by atomic mass is 10.1. The molecule has 2 aliphatic heterocycles. The Morgan fingerprint density at radius 1 is 0.833 bits per heavy atom. The van der Waals surface area contributed by atoms with Crippen molar-refractivity contribution in [2.75, 3.05) is 18.1 Å². The minimum atomic E-state index is -3.78. The number of benzene rings is 3. The molecule has 1 amide bonds. The highest BCUT2D eigenvalue weighted by atomic mass is 35.5. The zero-order valence-electron chi connectivity index (χ0n) is 15.6. The quantitative estimate of drug-likeness (QED) is 0.613. The van der Waals surface area contributed by atoms with E-state index >= 15 is 0 Å². The van der Waals surface area contributed by atoms with Gasteiger partial charge >= 0.3 is 0 Å². The molecule has 0 atom stereocenters. The molecule has 0 unspecified atom stereocenters. The molecule has 0 aromatic heterocycles. The van der Waals surface area contributed by atoms with Crippen molar-refractivity contribution >= 4 is 38.7 Å². The smallest absolute Gasteiger partial charge is 0.297 e. The zero-order chi connectivity index (χ0) is 20.9. The molecule has 0 saturated carbocycles. The van der Waals surface area contributed by atoms with E-state index in [2.05, 4.69) is 0 Å². The molecule has 0 radical (unpaired) electrons. The Labute approximate surface area is 178 Å². The molecule has 2 heterocycles. The fourth-order valence-electron chi connectivity index (χ4n) is 3.81. The summed E-state index contributed by atoms with van der Waals surface area (Å²) in [6.07, 6.45) is 0. The van der Waals surface area contributed by atoms with E-state index in [0.29, 0.717) is 22.0 Å². The molecule has 152 valence electrons. The Bertz CT molecular complexity index is 1250. The molecule has 1 saturated heterocycles. The molecular weight excluding hydrogens is 426 g/mol. The zero-order valence-corrected chi connectivity index (χ0v) is 17.2. The minimum Gasteiger partial charge on any atom is -0.336 e. The van der Waals surface area contributed by atoms with Crippen LogP contribution in [0.15, 0.2) is 82.6 Å². The number of ether oxygens (including phenoxy) is 2. The number of para-hydroxylation sites is 1. The predicted octanol–water partition coefficient (Wildman–Crippen LogP) is 4.05. The number of hydrogen-bond acceptors (Lipinski definition) is 5. The summed E-state index contributed by atoms with van der Waals surface area (Å²) in [5.41, 5.74) is 1.30. The van der Waals surface area contributed by atoms with Gasteiger partial charge in [0.05, 0.1) is 39.4 Å². The second-order valence-corrected chi connectivity index (χ2v) is 9.26. The second-order valence-electron chi connectivity index (χ2n) is 6.90. The number of nitrogens with zero attached hydrogens (tertiary/aromatic N) is 1. The van der Waals surface area contributed by atoms with E-state index in [4.69, 9.17) is 21.1 Å². The number of sulfone groups is 1. The molecule has 1 fully saturated rings. The van der Waals surface area contributed by atoms with Crippen LogP contribution in [-0.4, -0.2) is 27.5 Å². The third kappa shape index (κ3) is 2.70. The Hall–Kier alpha value is -2.71. The Balaban J connectivity index is 1.71. The number of hydrogen-bond donors (Lipinski definition) is 0. The van der Waals surface area contributed by atoms with Gasteiger partial charge in [-0.25, -0.2) is 8.42 Å². The van der Waals surface area contributed by atoms with Crippen LogP contribution < -0.4 is 4.90 Å². The summed E-state index contributed by atoms with van der Waals surface area (Å²) in [6, 6.07) is 19.6. The van der Waals surface area contributed by atoms with Crippen LogP contribution in [0.3, 0.4) is 0 Å². The van der Waals surface area contributed by atoms with Crippen LogP contribution in [0.4, 0.5) is 11.4 Å². The van der Waals surface area contributed by atoms with Crippen molar-refractivity contribution in [3.05, 3.63) is 83.4 Å². The standard InChI is InChI=1S/C22H16ClNO5S/c23-18-8-4-5-9-20(18)24-19-11-10-16(30(26,27)15-6-2-1-3-7-15)14-17(19)22(21(24)25)28-12-13-29-22/h1-11,14H,12-13H2. The first kappa shape index (κ1) is 19.3. The lowest BCUT2D eigenvalue weighted by molar-refractivity contribution is -0.180. The fourth-order valence-corrected chi connectivity index (χ4v) is 5.34. The van der Waals surface area contributed by atoms with E-state index in [9.17, 15) is 13.2 Å². The van der Waals surface area contributed by atoms with Crippen LogP contribution in [0.5, 0.6) is 0 Å². The lowest BCUT2D eigenvalue weighted by Gasteiger charge is -2.22.